The van der Waals surface area contributed by atoms with Crippen molar-refractivity contribution in [2.24, 2.45) is 5.92 Å². The lowest BCUT2D eigenvalue weighted by atomic mass is 9.87. The van der Waals surface area contributed by atoms with Crippen LogP contribution >= 0.6 is 11.6 Å². The predicted octanol–water partition coefficient (Wildman–Crippen LogP) is 5.75. The van der Waals surface area contributed by atoms with Gasteiger partial charge in [0, 0.05) is 16.1 Å². The minimum atomic E-state index is -0.760. The number of aromatic nitrogens is 1. The van der Waals surface area contributed by atoms with Gasteiger partial charge in [0.05, 0.1) is 24.3 Å². The molecule has 0 unspecified atom stereocenters. The van der Waals surface area contributed by atoms with E-state index in [9.17, 15) is 14.7 Å². The molecule has 0 aliphatic heterocycles. The first-order valence-electron chi connectivity index (χ1n) is 11.5. The fourth-order valence-electron chi connectivity index (χ4n) is 4.16. The van der Waals surface area contributed by atoms with Crippen molar-refractivity contribution in [2.45, 2.75) is 51.9 Å². The number of carboxylic acids is 1. The lowest BCUT2D eigenvalue weighted by Crippen LogP contribution is -2.29. The SMILES string of the molecule is Cc1noc(-c2ccc(O[C@H]3CCC[C@H](C(=O)O)C3)cc2)c1CNC(=O)OCc1cccc(Cl)c1. The van der Waals surface area contributed by atoms with Crippen LogP contribution in [0.3, 0.4) is 0 Å². The number of carbonyl (C=O) groups is 2. The molecule has 9 heteroatoms. The van der Waals surface area contributed by atoms with E-state index in [0.717, 1.165) is 29.5 Å². The number of aliphatic carboxylic acids is 1. The maximum absolute atomic E-state index is 12.2. The molecule has 2 N–H and O–H groups in total. The zero-order valence-electron chi connectivity index (χ0n) is 19.3. The molecule has 1 fully saturated rings. The maximum Gasteiger partial charge on any atom is 0.407 e. The Bertz CT molecular complexity index is 1180. The van der Waals surface area contributed by atoms with Crippen LogP contribution in [0.1, 0.15) is 42.5 Å². The van der Waals surface area contributed by atoms with Crippen LogP contribution < -0.4 is 10.1 Å². The van der Waals surface area contributed by atoms with E-state index >= 15 is 0 Å². The van der Waals surface area contributed by atoms with Crippen molar-refractivity contribution in [1.82, 2.24) is 10.5 Å². The van der Waals surface area contributed by atoms with E-state index in [-0.39, 0.29) is 25.2 Å². The van der Waals surface area contributed by atoms with Crippen molar-refractivity contribution >= 4 is 23.7 Å². The van der Waals surface area contributed by atoms with Gasteiger partial charge in [-0.2, -0.15) is 0 Å². The molecule has 1 amide bonds. The number of amides is 1. The Morgan fingerprint density at radius 3 is 2.74 bits per heavy atom. The van der Waals surface area contributed by atoms with E-state index in [1.165, 1.54) is 0 Å². The number of halogens is 1. The summed E-state index contributed by atoms with van der Waals surface area (Å²) in [5.74, 6) is 0.111. The molecule has 0 radical (unpaired) electrons. The highest BCUT2D eigenvalue weighted by atomic mass is 35.5. The van der Waals surface area contributed by atoms with Crippen molar-refractivity contribution in [3.05, 3.63) is 70.4 Å². The number of aryl methyl sites for hydroxylation is 1. The topological polar surface area (TPSA) is 111 Å². The molecule has 1 saturated carbocycles. The summed E-state index contributed by atoms with van der Waals surface area (Å²) in [6, 6.07) is 14.5. The fourth-order valence-corrected chi connectivity index (χ4v) is 4.38. The van der Waals surface area contributed by atoms with Gasteiger partial charge in [0.15, 0.2) is 5.76 Å². The van der Waals surface area contributed by atoms with Crippen LogP contribution in [0.15, 0.2) is 53.1 Å². The van der Waals surface area contributed by atoms with Crippen LogP contribution in [-0.2, 0) is 22.7 Å². The summed E-state index contributed by atoms with van der Waals surface area (Å²) in [7, 11) is 0. The number of ether oxygens (including phenoxy) is 2. The van der Waals surface area contributed by atoms with E-state index in [2.05, 4.69) is 10.5 Å². The molecular formula is C26H27ClN2O6. The minimum absolute atomic E-state index is 0.109. The molecule has 0 bridgehead atoms. The Morgan fingerprint density at radius 1 is 1.20 bits per heavy atom. The highest BCUT2D eigenvalue weighted by Crippen LogP contribution is 2.31. The lowest BCUT2D eigenvalue weighted by Gasteiger charge is -2.27. The Balaban J connectivity index is 1.34. The Morgan fingerprint density at radius 2 is 2.00 bits per heavy atom. The monoisotopic (exact) mass is 498 g/mol. The number of hydrogen-bond acceptors (Lipinski definition) is 6. The van der Waals surface area contributed by atoms with Crippen molar-refractivity contribution in [2.75, 3.05) is 0 Å². The first kappa shape index (κ1) is 24.6. The fraction of sp³-hybridized carbons (Fsp3) is 0.346. The van der Waals surface area contributed by atoms with E-state index in [1.807, 2.05) is 30.3 Å². The molecule has 3 aromatic rings. The summed E-state index contributed by atoms with van der Waals surface area (Å²) >= 11 is 5.95. The third-order valence-corrected chi connectivity index (χ3v) is 6.28. The first-order valence-corrected chi connectivity index (χ1v) is 11.9. The van der Waals surface area contributed by atoms with Crippen LogP contribution in [0.5, 0.6) is 5.75 Å². The Hall–Kier alpha value is -3.52. The Kier molecular flexibility index (Phi) is 7.92. The number of hydrogen-bond donors (Lipinski definition) is 2. The largest absolute Gasteiger partial charge is 0.490 e. The van der Waals surface area contributed by atoms with E-state index in [4.69, 9.17) is 25.6 Å². The molecule has 1 aliphatic carbocycles. The number of carbonyl (C=O) groups excluding carboxylic acids is 1. The zero-order valence-corrected chi connectivity index (χ0v) is 20.1. The average molecular weight is 499 g/mol. The maximum atomic E-state index is 12.2. The van der Waals surface area contributed by atoms with Gasteiger partial charge in [-0.3, -0.25) is 4.79 Å². The van der Waals surface area contributed by atoms with Crippen molar-refractivity contribution in [1.29, 1.82) is 0 Å². The van der Waals surface area contributed by atoms with E-state index in [1.54, 1.807) is 25.1 Å². The third-order valence-electron chi connectivity index (χ3n) is 6.05. The summed E-state index contributed by atoms with van der Waals surface area (Å²) in [6.45, 7) is 2.11. The molecule has 1 aliphatic rings. The van der Waals surface area contributed by atoms with E-state index in [0.29, 0.717) is 35.1 Å². The van der Waals surface area contributed by atoms with Crippen LogP contribution in [0.4, 0.5) is 4.79 Å². The van der Waals surface area contributed by atoms with Gasteiger partial charge >= 0.3 is 12.1 Å². The highest BCUT2D eigenvalue weighted by molar-refractivity contribution is 6.30. The molecule has 0 spiro atoms. The smallest absolute Gasteiger partial charge is 0.407 e. The van der Waals surface area contributed by atoms with Crippen molar-refractivity contribution in [3.8, 4) is 17.1 Å². The van der Waals surface area contributed by atoms with Gasteiger partial charge in [-0.05, 0) is 74.6 Å². The summed E-state index contributed by atoms with van der Waals surface area (Å²) in [5.41, 5.74) is 2.99. The summed E-state index contributed by atoms with van der Waals surface area (Å²) < 4.78 is 16.8. The Labute approximate surface area is 208 Å². The van der Waals surface area contributed by atoms with Crippen molar-refractivity contribution < 1.29 is 28.7 Å². The predicted molar refractivity (Wildman–Crippen MR) is 129 cm³/mol. The second kappa shape index (κ2) is 11.3. The molecule has 2 atom stereocenters. The highest BCUT2D eigenvalue weighted by Gasteiger charge is 2.28. The molecule has 2 aromatic carbocycles. The molecule has 4 rings (SSSR count). The second-order valence-corrected chi connectivity index (χ2v) is 9.04. The van der Waals surface area contributed by atoms with Crippen LogP contribution in [0, 0.1) is 12.8 Å². The standard InChI is InChI=1S/C26H27ClN2O6/c1-16-23(14-28-26(32)33-15-17-4-2-6-20(27)12-17)24(35-29-16)18-8-10-21(11-9-18)34-22-7-3-5-19(13-22)25(30)31/h2,4,6,8-12,19,22H,3,5,7,13-15H2,1H3,(H,28,32)(H,30,31)/t19-,22-/m0/s1. The molecule has 35 heavy (non-hydrogen) atoms. The van der Waals surface area contributed by atoms with Gasteiger partial charge in [-0.1, -0.05) is 28.9 Å². The third kappa shape index (κ3) is 6.54. The van der Waals surface area contributed by atoms with Gasteiger partial charge in [-0.25, -0.2) is 4.79 Å². The summed E-state index contributed by atoms with van der Waals surface area (Å²) in [6.07, 6.45) is 2.23. The molecule has 184 valence electrons. The van der Waals surface area contributed by atoms with Gasteiger partial charge in [0.2, 0.25) is 0 Å². The number of nitrogens with one attached hydrogen (secondary N) is 1. The van der Waals surface area contributed by atoms with Gasteiger partial charge in [-0.15, -0.1) is 0 Å². The minimum Gasteiger partial charge on any atom is -0.490 e. The van der Waals surface area contributed by atoms with Gasteiger partial charge < -0.3 is 24.4 Å². The lowest BCUT2D eigenvalue weighted by molar-refractivity contribution is -0.143. The molecule has 8 nitrogen and oxygen atoms in total. The van der Waals surface area contributed by atoms with Gasteiger partial charge in [0.25, 0.3) is 0 Å². The number of nitrogens with zero attached hydrogens (tertiary/aromatic N) is 1. The van der Waals surface area contributed by atoms with Crippen LogP contribution in [0.2, 0.25) is 5.02 Å². The van der Waals surface area contributed by atoms with Gasteiger partial charge in [0.1, 0.15) is 12.4 Å². The number of alkyl carbamates (subject to hydrolysis) is 1. The average Bonchev–Trinajstić information content (AvgIpc) is 3.22. The molecule has 1 heterocycles. The van der Waals surface area contributed by atoms with Crippen LogP contribution in [0.25, 0.3) is 11.3 Å². The number of rotatable bonds is 8. The van der Waals surface area contributed by atoms with E-state index < -0.39 is 12.1 Å². The molecular weight excluding hydrogens is 472 g/mol. The molecule has 0 saturated heterocycles. The quantitative estimate of drug-likeness (QED) is 0.406. The van der Waals surface area contributed by atoms with Crippen LogP contribution in [-0.4, -0.2) is 28.4 Å². The number of benzene rings is 2. The molecule has 1 aromatic heterocycles. The first-order chi connectivity index (χ1) is 16.9. The summed E-state index contributed by atoms with van der Waals surface area (Å²) in [4.78, 5) is 23.5. The zero-order chi connectivity index (χ0) is 24.8. The van der Waals surface area contributed by atoms with Crippen molar-refractivity contribution in [3.63, 3.8) is 0 Å². The summed E-state index contributed by atoms with van der Waals surface area (Å²) in [5, 5.41) is 16.6. The number of carboxylic acid groups (broad SMARTS) is 1. The normalized spacial score (nSPS) is 17.5. The second-order valence-electron chi connectivity index (χ2n) is 8.60.